The summed E-state index contributed by atoms with van der Waals surface area (Å²) in [6.45, 7) is 13.5. The number of rotatable bonds is 7. The first-order valence-corrected chi connectivity index (χ1v) is 15.3. The van der Waals surface area contributed by atoms with Gasteiger partial charge in [0.2, 0.25) is 5.91 Å². The number of hydrogen-bond acceptors (Lipinski definition) is 4. The third-order valence-corrected chi connectivity index (χ3v) is 12.1. The van der Waals surface area contributed by atoms with Crippen LogP contribution >= 0.6 is 11.6 Å². The van der Waals surface area contributed by atoms with Crippen LogP contribution in [0.3, 0.4) is 0 Å². The lowest BCUT2D eigenvalue weighted by Gasteiger charge is -2.41. The first kappa shape index (κ1) is 25.9. The van der Waals surface area contributed by atoms with Gasteiger partial charge in [-0.2, -0.15) is 0 Å². The van der Waals surface area contributed by atoms with Crippen LogP contribution in [0.4, 0.5) is 5.82 Å². The standard InChI is InChI=1S/C26H38ClN3O2Si/c1-18-8-7-9-23(27)22(18)16-25(31)30-24-15-20(28-17-29-24)14-19-10-12-21(13-11-19)32-33(5,6)26(2,3)4/h7-9,15,17,19,21H,10-14,16H2,1-6H3,(H,28,29,30,31). The minimum atomic E-state index is -1.72. The topological polar surface area (TPSA) is 64.1 Å². The summed E-state index contributed by atoms with van der Waals surface area (Å²) >= 11 is 6.27. The van der Waals surface area contributed by atoms with Crippen LogP contribution in [0.1, 0.15) is 63.3 Å². The van der Waals surface area contributed by atoms with E-state index in [0.29, 0.717) is 22.9 Å². The normalized spacial score (nSPS) is 19.4. The molecule has 1 aliphatic rings. The van der Waals surface area contributed by atoms with Gasteiger partial charge in [-0.3, -0.25) is 4.79 Å². The summed E-state index contributed by atoms with van der Waals surface area (Å²) in [5.41, 5.74) is 2.83. The average molecular weight is 488 g/mol. The van der Waals surface area contributed by atoms with Crippen molar-refractivity contribution in [3.63, 3.8) is 0 Å². The molecule has 1 N–H and O–H groups in total. The van der Waals surface area contributed by atoms with Crippen LogP contribution < -0.4 is 5.32 Å². The van der Waals surface area contributed by atoms with E-state index in [1.807, 2.05) is 31.2 Å². The largest absolute Gasteiger partial charge is 0.414 e. The molecule has 1 aromatic carbocycles. The van der Waals surface area contributed by atoms with E-state index in [0.717, 1.165) is 48.9 Å². The first-order valence-electron chi connectivity index (χ1n) is 12.0. The maximum atomic E-state index is 12.6. The monoisotopic (exact) mass is 487 g/mol. The first-order chi connectivity index (χ1) is 15.4. The van der Waals surface area contributed by atoms with Crippen LogP contribution in [0.15, 0.2) is 30.6 Å². The van der Waals surface area contributed by atoms with Crippen molar-refractivity contribution in [1.29, 1.82) is 0 Å². The second kappa shape index (κ2) is 10.7. The van der Waals surface area contributed by atoms with Crippen molar-refractivity contribution in [1.82, 2.24) is 9.97 Å². The zero-order chi connectivity index (χ0) is 24.2. The smallest absolute Gasteiger partial charge is 0.230 e. The quantitative estimate of drug-likeness (QED) is 0.439. The van der Waals surface area contributed by atoms with Gasteiger partial charge in [0.1, 0.15) is 12.1 Å². The summed E-state index contributed by atoms with van der Waals surface area (Å²) < 4.78 is 6.63. The van der Waals surface area contributed by atoms with E-state index >= 15 is 0 Å². The molecular formula is C26H38ClN3O2Si. The lowest BCUT2D eigenvalue weighted by atomic mass is 9.84. The van der Waals surface area contributed by atoms with Crippen molar-refractivity contribution in [2.75, 3.05) is 5.32 Å². The van der Waals surface area contributed by atoms with Gasteiger partial charge in [0.15, 0.2) is 8.32 Å². The molecule has 0 saturated heterocycles. The summed E-state index contributed by atoms with van der Waals surface area (Å²) in [6.07, 6.45) is 7.58. The van der Waals surface area contributed by atoms with Crippen molar-refractivity contribution in [2.45, 2.75) is 90.5 Å². The Morgan fingerprint density at radius 3 is 2.52 bits per heavy atom. The zero-order valence-electron chi connectivity index (χ0n) is 20.9. The predicted octanol–water partition coefficient (Wildman–Crippen LogP) is 6.74. The van der Waals surface area contributed by atoms with Crippen molar-refractivity contribution >= 4 is 31.6 Å². The van der Waals surface area contributed by atoms with Crippen LogP contribution in [-0.4, -0.2) is 30.3 Å². The van der Waals surface area contributed by atoms with Crippen molar-refractivity contribution < 1.29 is 9.22 Å². The molecule has 0 unspecified atom stereocenters. The highest BCUT2D eigenvalue weighted by atomic mass is 35.5. The molecule has 0 radical (unpaired) electrons. The van der Waals surface area contributed by atoms with Gasteiger partial charge < -0.3 is 9.74 Å². The number of halogens is 1. The van der Waals surface area contributed by atoms with E-state index in [9.17, 15) is 4.79 Å². The third kappa shape index (κ3) is 7.11. The van der Waals surface area contributed by atoms with E-state index in [-0.39, 0.29) is 17.4 Å². The second-order valence-corrected chi connectivity index (χ2v) is 16.0. The Morgan fingerprint density at radius 2 is 1.88 bits per heavy atom. The summed E-state index contributed by atoms with van der Waals surface area (Å²) in [4.78, 5) is 21.3. The minimum Gasteiger partial charge on any atom is -0.414 e. The summed E-state index contributed by atoms with van der Waals surface area (Å²) in [6, 6.07) is 7.56. The average Bonchev–Trinajstić information content (AvgIpc) is 2.71. The van der Waals surface area contributed by atoms with Gasteiger partial charge in [0, 0.05) is 22.9 Å². The van der Waals surface area contributed by atoms with Gasteiger partial charge in [0.05, 0.1) is 6.42 Å². The van der Waals surface area contributed by atoms with Crippen molar-refractivity contribution in [2.24, 2.45) is 5.92 Å². The van der Waals surface area contributed by atoms with E-state index in [4.69, 9.17) is 16.0 Å². The molecule has 0 bridgehead atoms. The third-order valence-electron chi connectivity index (χ3n) is 7.24. The molecule has 7 heteroatoms. The van der Waals surface area contributed by atoms with Crippen molar-refractivity contribution in [3.05, 3.63) is 52.4 Å². The maximum Gasteiger partial charge on any atom is 0.230 e. The summed E-state index contributed by atoms with van der Waals surface area (Å²) in [5, 5.41) is 3.76. The van der Waals surface area contributed by atoms with E-state index in [1.54, 1.807) is 0 Å². The predicted molar refractivity (Wildman–Crippen MR) is 138 cm³/mol. The zero-order valence-corrected chi connectivity index (χ0v) is 22.6. The lowest BCUT2D eigenvalue weighted by Crippen LogP contribution is -2.44. The number of amides is 1. The van der Waals surface area contributed by atoms with E-state index in [1.165, 1.54) is 6.33 Å². The van der Waals surface area contributed by atoms with E-state index < -0.39 is 8.32 Å². The van der Waals surface area contributed by atoms with Gasteiger partial charge >= 0.3 is 0 Å². The summed E-state index contributed by atoms with van der Waals surface area (Å²) in [7, 11) is -1.72. The van der Waals surface area contributed by atoms with Crippen LogP contribution in [0, 0.1) is 12.8 Å². The van der Waals surface area contributed by atoms with Gasteiger partial charge in [-0.25, -0.2) is 9.97 Å². The molecule has 1 saturated carbocycles. The fourth-order valence-electron chi connectivity index (χ4n) is 4.16. The van der Waals surface area contributed by atoms with Crippen LogP contribution in [0.2, 0.25) is 23.2 Å². The number of nitrogens with zero attached hydrogens (tertiary/aromatic N) is 2. The van der Waals surface area contributed by atoms with Crippen molar-refractivity contribution in [3.8, 4) is 0 Å². The molecule has 180 valence electrons. The molecule has 1 fully saturated rings. The van der Waals surface area contributed by atoms with Gasteiger partial charge in [-0.1, -0.05) is 44.5 Å². The maximum absolute atomic E-state index is 12.6. The number of aromatic nitrogens is 2. The van der Waals surface area contributed by atoms with Crippen LogP contribution in [-0.2, 0) is 22.1 Å². The summed E-state index contributed by atoms with van der Waals surface area (Å²) in [5.74, 6) is 1.01. The highest BCUT2D eigenvalue weighted by molar-refractivity contribution is 6.74. The number of aryl methyl sites for hydroxylation is 1. The molecule has 1 amide bonds. The number of carbonyl (C=O) groups is 1. The van der Waals surface area contributed by atoms with Gasteiger partial charge in [-0.15, -0.1) is 0 Å². The Labute approximate surface area is 204 Å². The fraction of sp³-hybridized carbons (Fsp3) is 0.577. The Balaban J connectivity index is 1.52. The van der Waals surface area contributed by atoms with Crippen LogP contribution in [0.5, 0.6) is 0 Å². The molecule has 2 aromatic rings. The Hall–Kier alpha value is -1.76. The molecule has 0 aliphatic heterocycles. The number of hydrogen-bond donors (Lipinski definition) is 1. The van der Waals surface area contributed by atoms with Gasteiger partial charge in [-0.05, 0) is 80.3 Å². The molecule has 5 nitrogen and oxygen atoms in total. The second-order valence-electron chi connectivity index (χ2n) is 10.9. The lowest BCUT2D eigenvalue weighted by molar-refractivity contribution is -0.115. The SMILES string of the molecule is Cc1cccc(Cl)c1CC(=O)Nc1cc(CC2CCC(O[Si](C)(C)C(C)(C)C)CC2)ncn1. The fourth-order valence-corrected chi connectivity index (χ4v) is 5.87. The Kier molecular flexibility index (Phi) is 8.35. The molecule has 1 aromatic heterocycles. The Morgan fingerprint density at radius 1 is 1.18 bits per heavy atom. The highest BCUT2D eigenvalue weighted by Gasteiger charge is 2.39. The molecule has 3 rings (SSSR count). The number of anilines is 1. The molecule has 0 atom stereocenters. The van der Waals surface area contributed by atoms with E-state index in [2.05, 4.69) is 49.1 Å². The molecule has 1 heterocycles. The molecule has 33 heavy (non-hydrogen) atoms. The number of benzene rings is 1. The van der Waals surface area contributed by atoms with Crippen LogP contribution in [0.25, 0.3) is 0 Å². The highest BCUT2D eigenvalue weighted by Crippen LogP contribution is 2.40. The minimum absolute atomic E-state index is 0.126. The number of nitrogens with one attached hydrogen (secondary N) is 1. The number of carbonyl (C=O) groups excluding carboxylic acids is 1. The molecule has 1 aliphatic carbocycles. The van der Waals surface area contributed by atoms with Gasteiger partial charge in [0.25, 0.3) is 0 Å². The Bertz CT molecular complexity index is 946. The molecule has 0 spiro atoms. The molecular weight excluding hydrogens is 450 g/mol.